The molecular weight excluding hydrogens is 336 g/mol. The fraction of sp³-hybridized carbons (Fsp3) is 0.286. The minimum absolute atomic E-state index is 0.0158. The van der Waals surface area contributed by atoms with Crippen LogP contribution in [-0.2, 0) is 0 Å². The van der Waals surface area contributed by atoms with Gasteiger partial charge >= 0.3 is 0 Å². The topological polar surface area (TPSA) is 75.6 Å². The van der Waals surface area contributed by atoms with Crippen LogP contribution in [0.1, 0.15) is 10.4 Å². The standard InChI is InChI=1S/C14H15BrN4O2/c15-13-10(2-8-21-13)14(20)19-6-4-18(5-7-19)12-1-3-17-9-11(12)16/h1-3,8-9H,4-7,16H2. The highest BCUT2D eigenvalue weighted by Gasteiger charge is 2.25. The second-order valence-corrected chi connectivity index (χ2v) is 5.54. The average molecular weight is 351 g/mol. The van der Waals surface area contributed by atoms with Crippen LogP contribution in [0.3, 0.4) is 0 Å². The molecule has 2 N–H and O–H groups in total. The Kier molecular flexibility index (Phi) is 3.83. The Morgan fingerprint density at radius 3 is 2.67 bits per heavy atom. The summed E-state index contributed by atoms with van der Waals surface area (Å²) in [6.07, 6.45) is 4.88. The molecular formula is C14H15BrN4O2. The zero-order valence-corrected chi connectivity index (χ0v) is 12.9. The second kappa shape index (κ2) is 5.77. The number of amides is 1. The second-order valence-electron chi connectivity index (χ2n) is 4.82. The van der Waals surface area contributed by atoms with Crippen LogP contribution in [0, 0.1) is 0 Å². The molecule has 0 radical (unpaired) electrons. The number of carbonyl (C=O) groups is 1. The van der Waals surface area contributed by atoms with Crippen molar-refractivity contribution in [2.45, 2.75) is 0 Å². The minimum atomic E-state index is -0.0158. The molecule has 1 aliphatic heterocycles. The zero-order chi connectivity index (χ0) is 14.8. The van der Waals surface area contributed by atoms with Gasteiger partial charge in [0.2, 0.25) is 0 Å². The number of hydrogen-bond acceptors (Lipinski definition) is 5. The molecule has 2 aromatic heterocycles. The van der Waals surface area contributed by atoms with E-state index < -0.39 is 0 Å². The number of hydrogen-bond donors (Lipinski definition) is 1. The predicted molar refractivity (Wildman–Crippen MR) is 83.2 cm³/mol. The third-order valence-electron chi connectivity index (χ3n) is 3.58. The largest absolute Gasteiger partial charge is 0.457 e. The van der Waals surface area contributed by atoms with Gasteiger partial charge in [-0.05, 0) is 28.1 Å². The van der Waals surface area contributed by atoms with Crippen molar-refractivity contribution < 1.29 is 9.21 Å². The number of carbonyl (C=O) groups excluding carboxylic acids is 1. The molecule has 6 nitrogen and oxygen atoms in total. The quantitative estimate of drug-likeness (QED) is 0.896. The zero-order valence-electron chi connectivity index (χ0n) is 11.3. The molecule has 21 heavy (non-hydrogen) atoms. The molecule has 0 unspecified atom stereocenters. The van der Waals surface area contributed by atoms with Crippen LogP contribution in [-0.4, -0.2) is 42.0 Å². The van der Waals surface area contributed by atoms with Gasteiger partial charge in [0.15, 0.2) is 4.67 Å². The highest BCUT2D eigenvalue weighted by molar-refractivity contribution is 9.10. The number of nitrogens with zero attached hydrogens (tertiary/aromatic N) is 3. The number of nitrogen functional groups attached to an aromatic ring is 1. The van der Waals surface area contributed by atoms with Crippen molar-refractivity contribution in [3.8, 4) is 0 Å². The first kappa shape index (κ1) is 13.9. The van der Waals surface area contributed by atoms with E-state index in [1.807, 2.05) is 11.0 Å². The maximum atomic E-state index is 12.4. The molecule has 0 aromatic carbocycles. The number of nitrogens with two attached hydrogens (primary N) is 1. The van der Waals surface area contributed by atoms with Crippen molar-refractivity contribution in [3.63, 3.8) is 0 Å². The molecule has 0 saturated carbocycles. The van der Waals surface area contributed by atoms with Crippen molar-refractivity contribution in [1.82, 2.24) is 9.88 Å². The lowest BCUT2D eigenvalue weighted by molar-refractivity contribution is 0.0745. The molecule has 7 heteroatoms. The van der Waals surface area contributed by atoms with Crippen LogP contribution in [0.15, 0.2) is 39.9 Å². The number of pyridine rings is 1. The van der Waals surface area contributed by atoms with Crippen molar-refractivity contribution >= 4 is 33.2 Å². The van der Waals surface area contributed by atoms with Gasteiger partial charge in [0.1, 0.15) is 0 Å². The van der Waals surface area contributed by atoms with Crippen molar-refractivity contribution in [2.75, 3.05) is 36.8 Å². The molecule has 1 fully saturated rings. The number of furan rings is 1. The highest BCUT2D eigenvalue weighted by atomic mass is 79.9. The van der Waals surface area contributed by atoms with Gasteiger partial charge < -0.3 is 20.0 Å². The number of aromatic nitrogens is 1. The predicted octanol–water partition coefficient (Wildman–Crippen LogP) is 1.98. The van der Waals surface area contributed by atoms with Crippen LogP contribution in [0.2, 0.25) is 0 Å². The molecule has 0 spiro atoms. The summed E-state index contributed by atoms with van der Waals surface area (Å²) in [5.74, 6) is -0.0158. The van der Waals surface area contributed by atoms with Gasteiger partial charge in [-0.3, -0.25) is 9.78 Å². The van der Waals surface area contributed by atoms with Gasteiger partial charge in [-0.15, -0.1) is 0 Å². The lowest BCUT2D eigenvalue weighted by atomic mass is 10.2. The summed E-state index contributed by atoms with van der Waals surface area (Å²) in [6.45, 7) is 2.79. The summed E-state index contributed by atoms with van der Waals surface area (Å²) in [4.78, 5) is 20.4. The third kappa shape index (κ3) is 2.73. The first-order chi connectivity index (χ1) is 10.2. The number of halogens is 1. The van der Waals surface area contributed by atoms with Crippen LogP contribution in [0.25, 0.3) is 0 Å². The molecule has 1 aliphatic rings. The highest BCUT2D eigenvalue weighted by Crippen LogP contribution is 2.24. The summed E-state index contributed by atoms with van der Waals surface area (Å²) in [7, 11) is 0. The van der Waals surface area contributed by atoms with Crippen LogP contribution in [0.4, 0.5) is 11.4 Å². The molecule has 0 atom stereocenters. The summed E-state index contributed by atoms with van der Waals surface area (Å²) < 4.78 is 5.60. The Morgan fingerprint density at radius 1 is 1.29 bits per heavy atom. The fourth-order valence-electron chi connectivity index (χ4n) is 2.45. The van der Waals surface area contributed by atoms with Gasteiger partial charge in [0, 0.05) is 32.4 Å². The monoisotopic (exact) mass is 350 g/mol. The maximum Gasteiger partial charge on any atom is 0.258 e. The molecule has 2 aromatic rings. The molecule has 110 valence electrons. The Bertz CT molecular complexity index is 650. The van der Waals surface area contributed by atoms with E-state index >= 15 is 0 Å². The number of piperazine rings is 1. The normalized spacial score (nSPS) is 15.3. The molecule has 0 bridgehead atoms. The Balaban J connectivity index is 1.67. The van der Waals surface area contributed by atoms with Gasteiger partial charge in [-0.1, -0.05) is 0 Å². The number of anilines is 2. The number of rotatable bonds is 2. The van der Waals surface area contributed by atoms with Crippen LogP contribution < -0.4 is 10.6 Å². The SMILES string of the molecule is Nc1cnccc1N1CCN(C(=O)c2ccoc2Br)CC1. The van der Waals surface area contributed by atoms with Gasteiger partial charge in [-0.25, -0.2) is 0 Å². The van der Waals surface area contributed by atoms with Crippen LogP contribution >= 0.6 is 15.9 Å². The summed E-state index contributed by atoms with van der Waals surface area (Å²) in [5, 5.41) is 0. The minimum Gasteiger partial charge on any atom is -0.457 e. The molecule has 1 amide bonds. The van der Waals surface area contributed by atoms with E-state index in [1.165, 1.54) is 6.26 Å². The van der Waals surface area contributed by atoms with E-state index in [-0.39, 0.29) is 5.91 Å². The van der Waals surface area contributed by atoms with Crippen LogP contribution in [0.5, 0.6) is 0 Å². The molecule has 3 rings (SSSR count). The third-order valence-corrected chi connectivity index (χ3v) is 4.20. The van der Waals surface area contributed by atoms with Crippen molar-refractivity contribution in [1.29, 1.82) is 0 Å². The molecule has 0 aliphatic carbocycles. The van der Waals surface area contributed by atoms with Gasteiger partial charge in [0.25, 0.3) is 5.91 Å². The summed E-state index contributed by atoms with van der Waals surface area (Å²) in [5.41, 5.74) is 8.14. The Labute approximate surface area is 130 Å². The average Bonchev–Trinajstić information content (AvgIpc) is 2.93. The molecule has 1 saturated heterocycles. The lowest BCUT2D eigenvalue weighted by Crippen LogP contribution is -2.49. The summed E-state index contributed by atoms with van der Waals surface area (Å²) >= 11 is 3.24. The van der Waals surface area contributed by atoms with Crippen molar-refractivity contribution in [2.24, 2.45) is 0 Å². The lowest BCUT2D eigenvalue weighted by Gasteiger charge is -2.36. The first-order valence-corrected chi connectivity index (χ1v) is 7.43. The molecule has 3 heterocycles. The van der Waals surface area contributed by atoms with Crippen molar-refractivity contribution in [3.05, 3.63) is 41.0 Å². The van der Waals surface area contributed by atoms with Gasteiger partial charge in [0.05, 0.1) is 29.4 Å². The van der Waals surface area contributed by atoms with Gasteiger partial charge in [-0.2, -0.15) is 0 Å². The van der Waals surface area contributed by atoms with E-state index in [9.17, 15) is 4.79 Å². The maximum absolute atomic E-state index is 12.4. The Morgan fingerprint density at radius 2 is 2.05 bits per heavy atom. The van der Waals surface area contributed by atoms with E-state index in [2.05, 4.69) is 25.8 Å². The Hall–Kier alpha value is -2.02. The fourth-order valence-corrected chi connectivity index (χ4v) is 2.86. The van der Waals surface area contributed by atoms with E-state index in [1.54, 1.807) is 18.5 Å². The van der Waals surface area contributed by atoms with E-state index in [4.69, 9.17) is 10.2 Å². The smallest absolute Gasteiger partial charge is 0.258 e. The van der Waals surface area contributed by atoms with E-state index in [0.717, 1.165) is 18.8 Å². The first-order valence-electron chi connectivity index (χ1n) is 6.63. The van der Waals surface area contributed by atoms with E-state index in [0.29, 0.717) is 29.0 Å². The summed E-state index contributed by atoms with van der Waals surface area (Å²) in [6, 6.07) is 3.58.